The topological polar surface area (TPSA) is 38.1 Å². The van der Waals surface area contributed by atoms with E-state index in [1.165, 1.54) is 5.56 Å². The van der Waals surface area contributed by atoms with Crippen molar-refractivity contribution in [3.05, 3.63) is 77.5 Å². The SMILES string of the molecule is CN(Cc1ccccc1)C(=O)c1cc(-c2ccc(C(C)(C)C)cc2)nn1C. The number of carbonyl (C=O) groups excluding carboxylic acids is 1. The summed E-state index contributed by atoms with van der Waals surface area (Å²) in [5.41, 5.74) is 4.92. The predicted octanol–water partition coefficient (Wildman–Crippen LogP) is 4.66. The fraction of sp³-hybridized carbons (Fsp3) is 0.304. The average molecular weight is 361 g/mol. The van der Waals surface area contributed by atoms with Crippen LogP contribution in [0.15, 0.2) is 60.7 Å². The molecule has 2 aromatic carbocycles. The van der Waals surface area contributed by atoms with Crippen molar-refractivity contribution in [2.24, 2.45) is 7.05 Å². The van der Waals surface area contributed by atoms with E-state index in [0.717, 1.165) is 16.8 Å². The van der Waals surface area contributed by atoms with Crippen LogP contribution in [0.5, 0.6) is 0 Å². The van der Waals surface area contributed by atoms with Crippen LogP contribution in [0.3, 0.4) is 0 Å². The van der Waals surface area contributed by atoms with Gasteiger partial charge in [-0.05, 0) is 22.6 Å². The zero-order valence-electron chi connectivity index (χ0n) is 16.7. The number of carbonyl (C=O) groups is 1. The number of amides is 1. The highest BCUT2D eigenvalue weighted by Crippen LogP contribution is 2.26. The number of benzene rings is 2. The first-order valence-corrected chi connectivity index (χ1v) is 9.20. The third-order valence-electron chi connectivity index (χ3n) is 4.75. The van der Waals surface area contributed by atoms with Crippen LogP contribution in [-0.2, 0) is 19.0 Å². The fourth-order valence-electron chi connectivity index (χ4n) is 3.07. The van der Waals surface area contributed by atoms with Crippen molar-refractivity contribution in [3.8, 4) is 11.3 Å². The lowest BCUT2D eigenvalue weighted by Crippen LogP contribution is -2.28. The second-order valence-corrected chi connectivity index (χ2v) is 8.01. The molecule has 0 radical (unpaired) electrons. The molecule has 0 saturated heterocycles. The summed E-state index contributed by atoms with van der Waals surface area (Å²) in [6.45, 7) is 7.16. The van der Waals surface area contributed by atoms with Crippen molar-refractivity contribution in [1.29, 1.82) is 0 Å². The van der Waals surface area contributed by atoms with E-state index >= 15 is 0 Å². The molecule has 0 atom stereocenters. The first-order valence-electron chi connectivity index (χ1n) is 9.20. The summed E-state index contributed by atoms with van der Waals surface area (Å²) in [5, 5.41) is 4.55. The van der Waals surface area contributed by atoms with Crippen LogP contribution in [0.4, 0.5) is 0 Å². The monoisotopic (exact) mass is 361 g/mol. The molecule has 3 aromatic rings. The fourth-order valence-corrected chi connectivity index (χ4v) is 3.07. The Balaban J connectivity index is 1.80. The summed E-state index contributed by atoms with van der Waals surface area (Å²) in [5.74, 6) is -0.0357. The summed E-state index contributed by atoms with van der Waals surface area (Å²) in [7, 11) is 3.64. The Hall–Kier alpha value is -2.88. The van der Waals surface area contributed by atoms with Gasteiger partial charge in [0.2, 0.25) is 0 Å². The van der Waals surface area contributed by atoms with Crippen LogP contribution in [0.1, 0.15) is 42.4 Å². The van der Waals surface area contributed by atoms with Gasteiger partial charge in [-0.15, -0.1) is 0 Å². The van der Waals surface area contributed by atoms with Crippen molar-refractivity contribution in [2.45, 2.75) is 32.7 Å². The maximum Gasteiger partial charge on any atom is 0.272 e. The van der Waals surface area contributed by atoms with Crippen LogP contribution >= 0.6 is 0 Å². The lowest BCUT2D eigenvalue weighted by atomic mass is 9.86. The molecular formula is C23H27N3O. The average Bonchev–Trinajstić information content (AvgIpc) is 3.03. The van der Waals surface area contributed by atoms with Crippen molar-refractivity contribution in [2.75, 3.05) is 7.05 Å². The van der Waals surface area contributed by atoms with Gasteiger partial charge in [-0.1, -0.05) is 75.4 Å². The van der Waals surface area contributed by atoms with Gasteiger partial charge in [0, 0.05) is 26.2 Å². The highest BCUT2D eigenvalue weighted by molar-refractivity contribution is 5.93. The molecule has 0 fully saturated rings. The van der Waals surface area contributed by atoms with Crippen LogP contribution in [0.25, 0.3) is 11.3 Å². The third kappa shape index (κ3) is 4.27. The molecule has 140 valence electrons. The van der Waals surface area contributed by atoms with Crippen LogP contribution in [0, 0.1) is 0 Å². The molecule has 0 N–H and O–H groups in total. The van der Waals surface area contributed by atoms with Gasteiger partial charge < -0.3 is 4.90 Å². The van der Waals surface area contributed by atoms with Crippen molar-refractivity contribution < 1.29 is 4.79 Å². The highest BCUT2D eigenvalue weighted by atomic mass is 16.2. The van der Waals surface area contributed by atoms with E-state index in [1.807, 2.05) is 50.5 Å². The lowest BCUT2D eigenvalue weighted by Gasteiger charge is -2.18. The Kier molecular flexibility index (Phi) is 5.17. The zero-order chi connectivity index (χ0) is 19.6. The molecular weight excluding hydrogens is 334 g/mol. The molecule has 4 nitrogen and oxygen atoms in total. The summed E-state index contributed by atoms with van der Waals surface area (Å²) in [6, 6.07) is 20.3. The van der Waals surface area contributed by atoms with Gasteiger partial charge in [-0.2, -0.15) is 5.10 Å². The molecule has 1 heterocycles. The summed E-state index contributed by atoms with van der Waals surface area (Å²) < 4.78 is 1.66. The Morgan fingerprint density at radius 2 is 1.67 bits per heavy atom. The molecule has 0 saturated carbocycles. The maximum atomic E-state index is 12.9. The molecule has 27 heavy (non-hydrogen) atoms. The second-order valence-electron chi connectivity index (χ2n) is 8.01. The van der Waals surface area contributed by atoms with Gasteiger partial charge in [0.1, 0.15) is 5.69 Å². The molecule has 0 aliphatic heterocycles. The minimum absolute atomic E-state index is 0.0357. The molecule has 0 aliphatic carbocycles. The smallest absolute Gasteiger partial charge is 0.272 e. The minimum atomic E-state index is -0.0357. The van der Waals surface area contributed by atoms with E-state index in [9.17, 15) is 4.79 Å². The molecule has 4 heteroatoms. The number of hydrogen-bond acceptors (Lipinski definition) is 2. The van der Waals surface area contributed by atoms with Gasteiger partial charge >= 0.3 is 0 Å². The molecule has 0 bridgehead atoms. The molecule has 0 unspecified atom stereocenters. The van der Waals surface area contributed by atoms with Gasteiger partial charge in [0.25, 0.3) is 5.91 Å². The molecule has 1 amide bonds. The van der Waals surface area contributed by atoms with Gasteiger partial charge in [0.15, 0.2) is 0 Å². The van der Waals surface area contributed by atoms with Crippen molar-refractivity contribution in [1.82, 2.24) is 14.7 Å². The third-order valence-corrected chi connectivity index (χ3v) is 4.75. The van der Waals surface area contributed by atoms with Crippen molar-refractivity contribution >= 4 is 5.91 Å². The summed E-state index contributed by atoms with van der Waals surface area (Å²) in [6.07, 6.45) is 0. The standard InChI is InChI=1S/C23H27N3O/c1-23(2,3)19-13-11-18(12-14-19)20-15-21(26(5)24-20)22(27)25(4)16-17-9-7-6-8-10-17/h6-15H,16H2,1-5H3. The van der Waals surface area contributed by atoms with Crippen LogP contribution < -0.4 is 0 Å². The van der Waals surface area contributed by atoms with E-state index in [0.29, 0.717) is 12.2 Å². The highest BCUT2D eigenvalue weighted by Gasteiger charge is 2.19. The van der Waals surface area contributed by atoms with Gasteiger partial charge in [-0.25, -0.2) is 0 Å². The molecule has 0 spiro atoms. The molecule has 3 rings (SSSR count). The van der Waals surface area contributed by atoms with E-state index in [4.69, 9.17) is 0 Å². The number of aromatic nitrogens is 2. The van der Waals surface area contributed by atoms with Crippen molar-refractivity contribution in [3.63, 3.8) is 0 Å². The van der Waals surface area contributed by atoms with E-state index in [1.54, 1.807) is 9.58 Å². The van der Waals surface area contributed by atoms with Crippen LogP contribution in [0.2, 0.25) is 0 Å². The summed E-state index contributed by atoms with van der Waals surface area (Å²) >= 11 is 0. The molecule has 1 aromatic heterocycles. The lowest BCUT2D eigenvalue weighted by molar-refractivity contribution is 0.0774. The number of aryl methyl sites for hydroxylation is 1. The number of nitrogens with zero attached hydrogens (tertiary/aromatic N) is 3. The van der Waals surface area contributed by atoms with Gasteiger partial charge in [-0.3, -0.25) is 9.48 Å². The Labute approximate surface area is 161 Å². The second kappa shape index (κ2) is 7.39. The number of rotatable bonds is 4. The molecule has 0 aliphatic rings. The summed E-state index contributed by atoms with van der Waals surface area (Å²) in [4.78, 5) is 14.6. The predicted molar refractivity (Wildman–Crippen MR) is 110 cm³/mol. The first kappa shape index (κ1) is 18.9. The largest absolute Gasteiger partial charge is 0.336 e. The van der Waals surface area contributed by atoms with E-state index in [2.05, 4.69) is 50.1 Å². The Morgan fingerprint density at radius 1 is 1.04 bits per heavy atom. The maximum absolute atomic E-state index is 12.9. The number of hydrogen-bond donors (Lipinski definition) is 0. The van der Waals surface area contributed by atoms with E-state index in [-0.39, 0.29) is 11.3 Å². The quantitative estimate of drug-likeness (QED) is 0.678. The van der Waals surface area contributed by atoms with E-state index < -0.39 is 0 Å². The van der Waals surface area contributed by atoms with Crippen LogP contribution in [-0.4, -0.2) is 27.6 Å². The Morgan fingerprint density at radius 3 is 2.26 bits per heavy atom. The normalized spacial score (nSPS) is 11.4. The Bertz CT molecular complexity index is 919. The minimum Gasteiger partial charge on any atom is -0.336 e. The van der Waals surface area contributed by atoms with Gasteiger partial charge in [0.05, 0.1) is 5.69 Å². The first-order chi connectivity index (χ1) is 12.8. The zero-order valence-corrected chi connectivity index (χ0v) is 16.7.